The van der Waals surface area contributed by atoms with E-state index in [0.29, 0.717) is 50.5 Å². The lowest BCUT2D eigenvalue weighted by Gasteiger charge is -2.32. The molecule has 0 aliphatic carbocycles. The fourth-order valence-electron chi connectivity index (χ4n) is 3.25. The van der Waals surface area contributed by atoms with E-state index in [1.54, 1.807) is 36.3 Å². The predicted molar refractivity (Wildman–Crippen MR) is 109 cm³/mol. The second kappa shape index (κ2) is 10.0. The number of piperidine rings is 1. The largest absolute Gasteiger partial charge is 0.491 e. The number of amides is 1. The van der Waals surface area contributed by atoms with E-state index >= 15 is 0 Å². The number of rotatable bonds is 8. The fourth-order valence-corrected chi connectivity index (χ4v) is 4.55. The first-order chi connectivity index (χ1) is 14.4. The van der Waals surface area contributed by atoms with Gasteiger partial charge in [0.15, 0.2) is 0 Å². The molecule has 0 atom stereocenters. The molecule has 0 bridgehead atoms. The highest BCUT2D eigenvalue weighted by atomic mass is 32.2. The zero-order chi connectivity index (χ0) is 21.6. The van der Waals surface area contributed by atoms with Crippen LogP contribution < -0.4 is 9.46 Å². The van der Waals surface area contributed by atoms with Crippen LogP contribution in [0.25, 0.3) is 0 Å². The Kier molecular flexibility index (Phi) is 7.41. The average Bonchev–Trinajstić information content (AvgIpc) is 2.74. The Morgan fingerprint density at radius 3 is 2.50 bits per heavy atom. The Labute approximate surface area is 175 Å². The number of hydrogen-bond acceptors (Lipinski definition) is 5. The van der Waals surface area contributed by atoms with Crippen LogP contribution in [0.15, 0.2) is 53.4 Å². The molecule has 7 nitrogen and oxygen atoms in total. The standard InChI is InChI=1S/C21H25FN2O5S/c1-28-13-14-29-19-4-2-3-16(15-19)21(25)24-11-9-18(10-12-24)23-30(26,27)20-7-5-17(22)6-8-20/h2-8,15,18,23H,9-14H2,1H3. The highest BCUT2D eigenvalue weighted by Gasteiger charge is 2.27. The van der Waals surface area contributed by atoms with Crippen molar-refractivity contribution in [1.82, 2.24) is 9.62 Å². The van der Waals surface area contributed by atoms with Crippen LogP contribution in [0.2, 0.25) is 0 Å². The van der Waals surface area contributed by atoms with Crippen LogP contribution in [0.4, 0.5) is 4.39 Å². The molecular weight excluding hydrogens is 411 g/mol. The maximum absolute atomic E-state index is 13.0. The Morgan fingerprint density at radius 1 is 1.13 bits per heavy atom. The van der Waals surface area contributed by atoms with Gasteiger partial charge in [-0.1, -0.05) is 6.07 Å². The minimum atomic E-state index is -3.73. The van der Waals surface area contributed by atoms with Crippen molar-refractivity contribution in [2.24, 2.45) is 0 Å². The molecule has 1 aliphatic heterocycles. The van der Waals surface area contributed by atoms with Crippen LogP contribution in [0.5, 0.6) is 5.75 Å². The quantitative estimate of drug-likeness (QED) is 0.643. The molecule has 0 unspecified atom stereocenters. The molecule has 3 rings (SSSR count). The lowest BCUT2D eigenvalue weighted by atomic mass is 10.0. The molecule has 9 heteroatoms. The molecular formula is C21H25FN2O5S. The molecule has 1 amide bonds. The third-order valence-electron chi connectivity index (χ3n) is 4.87. The second-order valence-electron chi connectivity index (χ2n) is 7.01. The number of ether oxygens (including phenoxy) is 2. The number of benzene rings is 2. The summed E-state index contributed by atoms with van der Waals surface area (Å²) in [5.41, 5.74) is 0.523. The zero-order valence-electron chi connectivity index (χ0n) is 16.7. The number of halogens is 1. The van der Waals surface area contributed by atoms with Gasteiger partial charge >= 0.3 is 0 Å². The van der Waals surface area contributed by atoms with Crippen molar-refractivity contribution in [3.63, 3.8) is 0 Å². The smallest absolute Gasteiger partial charge is 0.253 e. The molecule has 2 aromatic carbocycles. The summed E-state index contributed by atoms with van der Waals surface area (Å²) in [6, 6.07) is 11.4. The Hall–Kier alpha value is -2.49. The van der Waals surface area contributed by atoms with Gasteiger partial charge in [0.2, 0.25) is 10.0 Å². The summed E-state index contributed by atoms with van der Waals surface area (Å²) in [6.07, 6.45) is 0.992. The number of likely N-dealkylation sites (tertiary alicyclic amines) is 1. The van der Waals surface area contributed by atoms with E-state index in [1.807, 2.05) is 0 Å². The zero-order valence-corrected chi connectivity index (χ0v) is 17.5. The molecule has 162 valence electrons. The van der Waals surface area contributed by atoms with Gasteiger partial charge in [0.05, 0.1) is 11.5 Å². The molecule has 1 aliphatic rings. The van der Waals surface area contributed by atoms with Crippen LogP contribution >= 0.6 is 0 Å². The molecule has 1 N–H and O–H groups in total. The normalized spacial score (nSPS) is 15.2. The molecule has 0 radical (unpaired) electrons. The van der Waals surface area contributed by atoms with Crippen LogP contribution in [0, 0.1) is 5.82 Å². The number of carbonyl (C=O) groups excluding carboxylic acids is 1. The number of sulfonamides is 1. The van der Waals surface area contributed by atoms with Crippen molar-refractivity contribution in [1.29, 1.82) is 0 Å². The van der Waals surface area contributed by atoms with Crippen molar-refractivity contribution in [2.45, 2.75) is 23.8 Å². The van der Waals surface area contributed by atoms with E-state index in [1.165, 1.54) is 12.1 Å². The van der Waals surface area contributed by atoms with Gasteiger partial charge in [-0.05, 0) is 55.3 Å². The number of carbonyl (C=O) groups is 1. The van der Waals surface area contributed by atoms with Crippen molar-refractivity contribution in [3.8, 4) is 5.75 Å². The van der Waals surface area contributed by atoms with Gasteiger partial charge in [-0.3, -0.25) is 4.79 Å². The van der Waals surface area contributed by atoms with Crippen LogP contribution in [0.3, 0.4) is 0 Å². The maximum atomic E-state index is 13.0. The molecule has 0 saturated carbocycles. The summed E-state index contributed by atoms with van der Waals surface area (Å²) in [5.74, 6) is -0.0131. The van der Waals surface area contributed by atoms with Gasteiger partial charge in [0.25, 0.3) is 5.91 Å². The topological polar surface area (TPSA) is 84.9 Å². The van der Waals surface area contributed by atoms with Crippen LogP contribution in [-0.2, 0) is 14.8 Å². The van der Waals surface area contributed by atoms with Gasteiger partial charge in [-0.15, -0.1) is 0 Å². The van der Waals surface area contributed by atoms with E-state index in [-0.39, 0.29) is 16.8 Å². The summed E-state index contributed by atoms with van der Waals surface area (Å²) < 4.78 is 51.1. The number of methoxy groups -OCH3 is 1. The summed E-state index contributed by atoms with van der Waals surface area (Å²) in [7, 11) is -2.14. The van der Waals surface area contributed by atoms with Gasteiger partial charge in [0, 0.05) is 31.8 Å². The number of nitrogens with zero attached hydrogens (tertiary/aromatic N) is 1. The lowest BCUT2D eigenvalue weighted by molar-refractivity contribution is 0.0710. The van der Waals surface area contributed by atoms with Crippen molar-refractivity contribution in [2.75, 3.05) is 33.4 Å². The SMILES string of the molecule is COCCOc1cccc(C(=O)N2CCC(NS(=O)(=O)c3ccc(F)cc3)CC2)c1. The maximum Gasteiger partial charge on any atom is 0.253 e. The summed E-state index contributed by atoms with van der Waals surface area (Å²) in [6.45, 7) is 1.72. The third kappa shape index (κ3) is 5.78. The summed E-state index contributed by atoms with van der Waals surface area (Å²) >= 11 is 0. The van der Waals surface area contributed by atoms with Gasteiger partial charge < -0.3 is 14.4 Å². The molecule has 2 aromatic rings. The van der Waals surface area contributed by atoms with Gasteiger partial charge in [-0.2, -0.15) is 0 Å². The monoisotopic (exact) mass is 436 g/mol. The molecule has 1 saturated heterocycles. The van der Waals surface area contributed by atoms with E-state index < -0.39 is 15.8 Å². The van der Waals surface area contributed by atoms with E-state index in [2.05, 4.69) is 4.72 Å². The first-order valence-electron chi connectivity index (χ1n) is 9.68. The highest BCUT2D eigenvalue weighted by molar-refractivity contribution is 7.89. The first kappa shape index (κ1) is 22.2. The first-order valence-corrected chi connectivity index (χ1v) is 11.2. The number of hydrogen-bond donors (Lipinski definition) is 1. The van der Waals surface area contributed by atoms with Crippen molar-refractivity contribution >= 4 is 15.9 Å². The van der Waals surface area contributed by atoms with Gasteiger partial charge in [-0.25, -0.2) is 17.5 Å². The van der Waals surface area contributed by atoms with Crippen LogP contribution in [-0.4, -0.2) is 58.7 Å². The lowest BCUT2D eigenvalue weighted by Crippen LogP contribution is -2.46. The minimum absolute atomic E-state index is 0.0210. The second-order valence-corrected chi connectivity index (χ2v) is 8.72. The van der Waals surface area contributed by atoms with E-state index in [4.69, 9.17) is 9.47 Å². The van der Waals surface area contributed by atoms with E-state index in [9.17, 15) is 17.6 Å². The van der Waals surface area contributed by atoms with Crippen LogP contribution in [0.1, 0.15) is 23.2 Å². The minimum Gasteiger partial charge on any atom is -0.491 e. The third-order valence-corrected chi connectivity index (χ3v) is 6.40. The fraction of sp³-hybridized carbons (Fsp3) is 0.381. The highest BCUT2D eigenvalue weighted by Crippen LogP contribution is 2.19. The Balaban J connectivity index is 1.55. The number of nitrogens with one attached hydrogen (secondary N) is 1. The van der Waals surface area contributed by atoms with E-state index in [0.717, 1.165) is 12.1 Å². The molecule has 1 fully saturated rings. The summed E-state index contributed by atoms with van der Waals surface area (Å²) in [4.78, 5) is 14.5. The Morgan fingerprint density at radius 2 is 1.83 bits per heavy atom. The molecule has 30 heavy (non-hydrogen) atoms. The molecule has 0 aromatic heterocycles. The predicted octanol–water partition coefficient (Wildman–Crippen LogP) is 2.43. The van der Waals surface area contributed by atoms with Gasteiger partial charge in [0.1, 0.15) is 18.2 Å². The van der Waals surface area contributed by atoms with Crippen molar-refractivity contribution in [3.05, 3.63) is 59.9 Å². The van der Waals surface area contributed by atoms with Crippen molar-refractivity contribution < 1.29 is 27.1 Å². The molecule has 0 spiro atoms. The Bertz CT molecular complexity index is 958. The molecule has 1 heterocycles. The summed E-state index contributed by atoms with van der Waals surface area (Å²) in [5, 5.41) is 0. The average molecular weight is 437 g/mol.